The normalized spacial score (nSPS) is 11.2. The number of hydrogen-bond acceptors (Lipinski definition) is 7. The van der Waals surface area contributed by atoms with Gasteiger partial charge in [-0.15, -0.1) is 10.2 Å². The Hall–Kier alpha value is -3.51. The molecule has 0 aliphatic rings. The van der Waals surface area contributed by atoms with E-state index in [1.807, 2.05) is 0 Å². The number of carbonyl (C=O) groups excluding carboxylic acids is 1. The first-order valence-corrected chi connectivity index (χ1v) is 12.2. The predicted molar refractivity (Wildman–Crippen MR) is 132 cm³/mol. The monoisotopic (exact) mass is 550 g/mol. The van der Waals surface area contributed by atoms with E-state index >= 15 is 0 Å². The van der Waals surface area contributed by atoms with Gasteiger partial charge in [0, 0.05) is 11.3 Å². The summed E-state index contributed by atoms with van der Waals surface area (Å²) in [5.74, 6) is -0.440. The summed E-state index contributed by atoms with van der Waals surface area (Å²) in [6.45, 7) is 0. The first kappa shape index (κ1) is 24.6. The first-order chi connectivity index (χ1) is 16.6. The molecule has 14 heteroatoms. The lowest BCUT2D eigenvalue weighted by atomic mass is 10.2. The maximum absolute atomic E-state index is 12.6. The molecular weight excluding hydrogens is 539 g/mol. The second-order valence-electron chi connectivity index (χ2n) is 6.90. The van der Waals surface area contributed by atoms with Gasteiger partial charge in [-0.25, -0.2) is 8.42 Å². The molecule has 2 N–H and O–H groups in total. The minimum absolute atomic E-state index is 0.00793. The third-order valence-corrected chi connectivity index (χ3v) is 6.86. The smallest absolute Gasteiger partial charge is 0.291 e. The van der Waals surface area contributed by atoms with Crippen LogP contribution in [0.1, 0.15) is 10.4 Å². The SMILES string of the molecule is O=C(Nc1ccc(S(=O)(=O)Nc2ccc(Cl)nn2)cc1)c1ccc(-n2ncc(Cl)c(Cl)c2=O)cc1. The minimum atomic E-state index is -3.92. The van der Waals surface area contributed by atoms with Gasteiger partial charge in [-0.2, -0.15) is 9.78 Å². The summed E-state index contributed by atoms with van der Waals surface area (Å²) in [7, 11) is -3.92. The second-order valence-corrected chi connectivity index (χ2v) is 9.75. The maximum atomic E-state index is 12.6. The van der Waals surface area contributed by atoms with Gasteiger partial charge in [-0.1, -0.05) is 34.8 Å². The van der Waals surface area contributed by atoms with Crippen LogP contribution in [0.15, 0.2) is 76.6 Å². The number of nitrogens with one attached hydrogen (secondary N) is 2. The first-order valence-electron chi connectivity index (χ1n) is 9.61. The summed E-state index contributed by atoms with van der Waals surface area (Å²) in [6, 6.07) is 14.3. The molecule has 0 spiro atoms. The quantitative estimate of drug-likeness (QED) is 0.369. The van der Waals surface area contributed by atoms with Crippen molar-refractivity contribution < 1.29 is 13.2 Å². The number of nitrogens with zero attached hydrogens (tertiary/aromatic N) is 4. The molecule has 2 aromatic heterocycles. The van der Waals surface area contributed by atoms with Crippen LogP contribution in [0.5, 0.6) is 0 Å². The van der Waals surface area contributed by atoms with Gasteiger partial charge in [-0.3, -0.25) is 14.3 Å². The van der Waals surface area contributed by atoms with E-state index in [9.17, 15) is 18.0 Å². The van der Waals surface area contributed by atoms with Gasteiger partial charge in [0.05, 0.1) is 21.8 Å². The highest BCUT2D eigenvalue weighted by molar-refractivity contribution is 7.92. The van der Waals surface area contributed by atoms with Crippen molar-refractivity contribution in [3.05, 3.63) is 98.0 Å². The van der Waals surface area contributed by atoms with Crippen LogP contribution >= 0.6 is 34.8 Å². The highest BCUT2D eigenvalue weighted by Gasteiger charge is 2.16. The van der Waals surface area contributed by atoms with Crippen LogP contribution in [0, 0.1) is 0 Å². The molecule has 4 aromatic rings. The van der Waals surface area contributed by atoms with Crippen LogP contribution in [0.2, 0.25) is 15.2 Å². The van der Waals surface area contributed by atoms with Gasteiger partial charge in [0.15, 0.2) is 11.0 Å². The average molecular weight is 552 g/mol. The van der Waals surface area contributed by atoms with E-state index in [4.69, 9.17) is 34.8 Å². The minimum Gasteiger partial charge on any atom is -0.322 e. The molecule has 1 amide bonds. The molecule has 4 rings (SSSR count). The van der Waals surface area contributed by atoms with E-state index in [-0.39, 0.29) is 25.9 Å². The summed E-state index contributed by atoms with van der Waals surface area (Å²) in [5, 5.41) is 13.8. The lowest BCUT2D eigenvalue weighted by molar-refractivity contribution is 0.102. The molecule has 35 heavy (non-hydrogen) atoms. The Kier molecular flexibility index (Phi) is 7.03. The van der Waals surface area contributed by atoms with E-state index in [0.717, 1.165) is 4.68 Å². The number of carbonyl (C=O) groups is 1. The largest absolute Gasteiger partial charge is 0.322 e. The number of anilines is 2. The molecule has 0 aliphatic carbocycles. The van der Waals surface area contributed by atoms with Crippen LogP contribution in [-0.2, 0) is 10.0 Å². The van der Waals surface area contributed by atoms with Crippen LogP contribution in [-0.4, -0.2) is 34.3 Å². The lowest BCUT2D eigenvalue weighted by Crippen LogP contribution is -2.21. The Morgan fingerprint density at radius 2 is 1.57 bits per heavy atom. The number of benzene rings is 2. The van der Waals surface area contributed by atoms with Crippen molar-refractivity contribution in [2.75, 3.05) is 10.0 Å². The zero-order valence-corrected chi connectivity index (χ0v) is 20.4. The number of sulfonamides is 1. The molecule has 2 aromatic carbocycles. The molecule has 0 saturated heterocycles. The maximum Gasteiger partial charge on any atom is 0.291 e. The van der Waals surface area contributed by atoms with Crippen molar-refractivity contribution in [3.63, 3.8) is 0 Å². The van der Waals surface area contributed by atoms with Gasteiger partial charge in [0.1, 0.15) is 5.02 Å². The van der Waals surface area contributed by atoms with E-state index in [1.165, 1.54) is 66.9 Å². The molecule has 178 valence electrons. The van der Waals surface area contributed by atoms with Crippen molar-refractivity contribution in [2.45, 2.75) is 4.90 Å². The van der Waals surface area contributed by atoms with E-state index < -0.39 is 21.5 Å². The Balaban J connectivity index is 1.45. The summed E-state index contributed by atoms with van der Waals surface area (Å²) in [6.07, 6.45) is 1.24. The third-order valence-electron chi connectivity index (χ3n) is 4.54. The Morgan fingerprint density at radius 3 is 2.20 bits per heavy atom. The van der Waals surface area contributed by atoms with E-state index in [0.29, 0.717) is 16.9 Å². The van der Waals surface area contributed by atoms with Crippen molar-refractivity contribution >= 4 is 62.2 Å². The second kappa shape index (κ2) is 10.0. The van der Waals surface area contributed by atoms with Crippen LogP contribution in [0.3, 0.4) is 0 Å². The average Bonchev–Trinajstić information content (AvgIpc) is 2.84. The molecule has 2 heterocycles. The molecule has 0 atom stereocenters. The van der Waals surface area contributed by atoms with Gasteiger partial charge in [0.25, 0.3) is 21.5 Å². The Morgan fingerprint density at radius 1 is 0.886 bits per heavy atom. The molecule has 10 nitrogen and oxygen atoms in total. The number of aromatic nitrogens is 4. The van der Waals surface area contributed by atoms with Gasteiger partial charge < -0.3 is 5.32 Å². The fourth-order valence-corrected chi connectivity index (χ4v) is 4.19. The standard InChI is InChI=1S/C21H13Cl3N6O4S/c22-16-11-25-30(21(32)19(16)24)14-5-1-12(2-6-14)20(31)26-13-3-7-15(8-4-13)35(33,34)29-18-10-9-17(23)27-28-18/h1-11H,(H,26,31)(H,28,29). The van der Waals surface area contributed by atoms with Gasteiger partial charge >= 0.3 is 0 Å². The van der Waals surface area contributed by atoms with Crippen LogP contribution < -0.4 is 15.6 Å². The topological polar surface area (TPSA) is 136 Å². The zero-order valence-electron chi connectivity index (χ0n) is 17.3. The van der Waals surface area contributed by atoms with Gasteiger partial charge in [-0.05, 0) is 60.7 Å². The number of rotatable bonds is 6. The fraction of sp³-hybridized carbons (Fsp3) is 0. The predicted octanol–water partition coefficient (Wildman–Crippen LogP) is 4.04. The molecule has 0 unspecified atom stereocenters. The number of hydrogen-bond donors (Lipinski definition) is 2. The molecular formula is C21H13Cl3N6O4S. The Bertz CT molecular complexity index is 1560. The fourth-order valence-electron chi connectivity index (χ4n) is 2.84. The lowest BCUT2D eigenvalue weighted by Gasteiger charge is -2.09. The third kappa shape index (κ3) is 5.60. The summed E-state index contributed by atoms with van der Waals surface area (Å²) >= 11 is 17.3. The zero-order chi connectivity index (χ0) is 25.2. The van der Waals surface area contributed by atoms with Crippen molar-refractivity contribution in [2.24, 2.45) is 0 Å². The van der Waals surface area contributed by atoms with E-state index in [1.54, 1.807) is 0 Å². The summed E-state index contributed by atoms with van der Waals surface area (Å²) in [5.41, 5.74) is 0.453. The number of halogens is 3. The van der Waals surface area contributed by atoms with Gasteiger partial charge in [0.2, 0.25) is 0 Å². The van der Waals surface area contributed by atoms with Crippen LogP contribution in [0.4, 0.5) is 11.5 Å². The molecule has 0 bridgehead atoms. The number of amides is 1. The van der Waals surface area contributed by atoms with Crippen LogP contribution in [0.25, 0.3) is 5.69 Å². The van der Waals surface area contributed by atoms with E-state index in [2.05, 4.69) is 25.3 Å². The highest BCUT2D eigenvalue weighted by Crippen LogP contribution is 2.19. The molecule has 0 fully saturated rings. The summed E-state index contributed by atoms with van der Waals surface area (Å²) in [4.78, 5) is 24.8. The summed E-state index contributed by atoms with van der Waals surface area (Å²) < 4.78 is 28.4. The highest BCUT2D eigenvalue weighted by atomic mass is 35.5. The molecule has 0 saturated carbocycles. The van der Waals surface area contributed by atoms with Crippen molar-refractivity contribution in [1.82, 2.24) is 20.0 Å². The van der Waals surface area contributed by atoms with Crippen molar-refractivity contribution in [1.29, 1.82) is 0 Å². The molecule has 0 aliphatic heterocycles. The molecule has 0 radical (unpaired) electrons. The Labute approximate surface area is 213 Å². The van der Waals surface area contributed by atoms with Crippen molar-refractivity contribution in [3.8, 4) is 5.69 Å².